The van der Waals surface area contributed by atoms with Gasteiger partial charge in [0.05, 0.1) is 6.61 Å². The summed E-state index contributed by atoms with van der Waals surface area (Å²) in [6, 6.07) is 0.680. The Bertz CT molecular complexity index is 137. The molecule has 0 aromatic heterocycles. The van der Waals surface area contributed by atoms with Crippen molar-refractivity contribution in [3.05, 3.63) is 0 Å². The predicted octanol–water partition coefficient (Wildman–Crippen LogP) is 2.14. The van der Waals surface area contributed by atoms with E-state index in [4.69, 9.17) is 4.74 Å². The van der Waals surface area contributed by atoms with Gasteiger partial charge in [-0.1, -0.05) is 6.92 Å². The van der Waals surface area contributed by atoms with E-state index in [9.17, 15) is 0 Å². The van der Waals surface area contributed by atoms with Gasteiger partial charge in [0.25, 0.3) is 0 Å². The molecule has 0 saturated carbocycles. The molecule has 1 aliphatic heterocycles. The lowest BCUT2D eigenvalue weighted by Crippen LogP contribution is -2.36. The Morgan fingerprint density at radius 3 is 3.00 bits per heavy atom. The van der Waals surface area contributed by atoms with Crippen molar-refractivity contribution in [1.29, 1.82) is 0 Å². The van der Waals surface area contributed by atoms with Gasteiger partial charge < -0.3 is 10.1 Å². The number of nitrogens with one attached hydrogen (secondary N) is 1. The molecule has 3 heteroatoms. The van der Waals surface area contributed by atoms with Gasteiger partial charge in [-0.25, -0.2) is 0 Å². The minimum Gasteiger partial charge on any atom is -0.381 e. The van der Waals surface area contributed by atoms with Crippen molar-refractivity contribution in [3.8, 4) is 0 Å². The molecule has 2 atom stereocenters. The fourth-order valence-electron chi connectivity index (χ4n) is 2.02. The summed E-state index contributed by atoms with van der Waals surface area (Å²) in [5.41, 5.74) is 0. The fraction of sp³-hybridized carbons (Fsp3) is 1.00. The second kappa shape index (κ2) is 7.55. The molecule has 1 aliphatic rings. The van der Waals surface area contributed by atoms with Gasteiger partial charge in [-0.2, -0.15) is 11.8 Å². The molecule has 1 N–H and O–H groups in total. The van der Waals surface area contributed by atoms with Crippen molar-refractivity contribution in [2.75, 3.05) is 31.8 Å². The van der Waals surface area contributed by atoms with E-state index in [0.717, 1.165) is 25.7 Å². The van der Waals surface area contributed by atoms with Crippen molar-refractivity contribution in [2.45, 2.75) is 32.2 Å². The lowest BCUT2D eigenvalue weighted by Gasteiger charge is -2.22. The van der Waals surface area contributed by atoms with Crippen LogP contribution >= 0.6 is 11.8 Å². The Hall–Kier alpha value is 0.270. The van der Waals surface area contributed by atoms with Gasteiger partial charge in [0, 0.05) is 12.6 Å². The van der Waals surface area contributed by atoms with Gasteiger partial charge in [-0.3, -0.25) is 0 Å². The molecule has 2 nitrogen and oxygen atoms in total. The van der Waals surface area contributed by atoms with Crippen molar-refractivity contribution in [2.24, 2.45) is 5.92 Å². The molecule has 0 radical (unpaired) electrons. The summed E-state index contributed by atoms with van der Waals surface area (Å²) in [7, 11) is 0. The zero-order valence-corrected chi connectivity index (χ0v) is 10.2. The van der Waals surface area contributed by atoms with Crippen LogP contribution in [0.15, 0.2) is 0 Å². The fourth-order valence-corrected chi connectivity index (χ4v) is 2.45. The zero-order valence-electron chi connectivity index (χ0n) is 9.42. The predicted molar refractivity (Wildman–Crippen MR) is 64.0 cm³/mol. The van der Waals surface area contributed by atoms with E-state index in [-0.39, 0.29) is 0 Å². The van der Waals surface area contributed by atoms with Crippen molar-refractivity contribution < 1.29 is 4.74 Å². The molecule has 0 bridgehead atoms. The molecule has 1 saturated heterocycles. The topological polar surface area (TPSA) is 21.3 Å². The molecular weight excluding hydrogens is 194 g/mol. The molecule has 0 aromatic carbocycles. The van der Waals surface area contributed by atoms with Gasteiger partial charge >= 0.3 is 0 Å². The second-order valence-electron chi connectivity index (χ2n) is 3.94. The van der Waals surface area contributed by atoms with Crippen LogP contribution in [0.1, 0.15) is 26.2 Å². The molecule has 1 rings (SSSR count). The summed E-state index contributed by atoms with van der Waals surface area (Å²) in [5, 5.41) is 3.65. The normalized spacial score (nSPS) is 24.0. The maximum Gasteiger partial charge on any atom is 0.0509 e. The van der Waals surface area contributed by atoms with Crippen LogP contribution in [0.4, 0.5) is 0 Å². The smallest absolute Gasteiger partial charge is 0.0509 e. The Balaban J connectivity index is 2.11. The van der Waals surface area contributed by atoms with Crippen LogP contribution in [0.3, 0.4) is 0 Å². The van der Waals surface area contributed by atoms with Gasteiger partial charge in [0.2, 0.25) is 0 Å². The van der Waals surface area contributed by atoms with E-state index >= 15 is 0 Å². The van der Waals surface area contributed by atoms with E-state index in [1.807, 2.05) is 11.8 Å². The first-order chi connectivity index (χ1) is 6.88. The molecule has 0 aliphatic carbocycles. The van der Waals surface area contributed by atoms with Gasteiger partial charge in [-0.05, 0) is 43.7 Å². The number of hydrogen-bond donors (Lipinski definition) is 1. The molecule has 14 heavy (non-hydrogen) atoms. The summed E-state index contributed by atoms with van der Waals surface area (Å²) in [5.74, 6) is 2.03. The molecule has 0 aromatic rings. The lowest BCUT2D eigenvalue weighted by molar-refractivity contribution is 0.176. The monoisotopic (exact) mass is 217 g/mol. The zero-order chi connectivity index (χ0) is 10.2. The Labute approximate surface area is 92.2 Å². The highest BCUT2D eigenvalue weighted by molar-refractivity contribution is 7.98. The standard InChI is InChI=1S/C11H23NOS/c1-3-11(10-5-7-13-9-10)12-6-4-8-14-2/h10-12H,3-9H2,1-2H3. The third-order valence-corrected chi connectivity index (χ3v) is 3.60. The van der Waals surface area contributed by atoms with E-state index < -0.39 is 0 Å². The average molecular weight is 217 g/mol. The summed E-state index contributed by atoms with van der Waals surface area (Å²) >= 11 is 1.93. The first-order valence-corrected chi connectivity index (χ1v) is 7.08. The molecule has 2 unspecified atom stereocenters. The van der Waals surface area contributed by atoms with Crippen LogP contribution in [0.25, 0.3) is 0 Å². The van der Waals surface area contributed by atoms with Crippen molar-refractivity contribution in [3.63, 3.8) is 0 Å². The van der Waals surface area contributed by atoms with Crippen LogP contribution in [-0.4, -0.2) is 37.8 Å². The Kier molecular flexibility index (Phi) is 6.65. The van der Waals surface area contributed by atoms with Crippen molar-refractivity contribution in [1.82, 2.24) is 5.32 Å². The minimum atomic E-state index is 0.680. The average Bonchev–Trinajstić information content (AvgIpc) is 2.71. The summed E-state index contributed by atoms with van der Waals surface area (Å²) in [6.07, 6.45) is 5.93. The highest BCUT2D eigenvalue weighted by Gasteiger charge is 2.23. The van der Waals surface area contributed by atoms with Crippen molar-refractivity contribution >= 4 is 11.8 Å². The van der Waals surface area contributed by atoms with Crippen LogP contribution in [0.2, 0.25) is 0 Å². The summed E-state index contributed by atoms with van der Waals surface area (Å²) in [6.45, 7) is 5.36. The third-order valence-electron chi connectivity index (χ3n) is 2.91. The molecule has 1 heterocycles. The lowest BCUT2D eigenvalue weighted by atomic mass is 9.97. The van der Waals surface area contributed by atoms with Gasteiger partial charge in [0.1, 0.15) is 0 Å². The van der Waals surface area contributed by atoms with E-state index in [0.29, 0.717) is 6.04 Å². The van der Waals surface area contributed by atoms with E-state index in [1.54, 1.807) is 0 Å². The molecule has 1 fully saturated rings. The van der Waals surface area contributed by atoms with Gasteiger partial charge in [-0.15, -0.1) is 0 Å². The highest BCUT2D eigenvalue weighted by atomic mass is 32.2. The number of rotatable bonds is 7. The first-order valence-electron chi connectivity index (χ1n) is 5.68. The Morgan fingerprint density at radius 2 is 2.43 bits per heavy atom. The molecule has 0 amide bonds. The number of ether oxygens (including phenoxy) is 1. The number of thioether (sulfide) groups is 1. The summed E-state index contributed by atoms with van der Waals surface area (Å²) < 4.78 is 5.42. The quantitative estimate of drug-likeness (QED) is 0.660. The second-order valence-corrected chi connectivity index (χ2v) is 4.92. The molecule has 0 spiro atoms. The van der Waals surface area contributed by atoms with E-state index in [1.165, 1.54) is 25.0 Å². The van der Waals surface area contributed by atoms with Crippen LogP contribution in [-0.2, 0) is 4.74 Å². The SMILES string of the molecule is CCC(NCCCSC)C1CCOC1. The van der Waals surface area contributed by atoms with Gasteiger partial charge in [0.15, 0.2) is 0 Å². The number of hydrogen-bond acceptors (Lipinski definition) is 3. The van der Waals surface area contributed by atoms with Crippen LogP contribution in [0, 0.1) is 5.92 Å². The van der Waals surface area contributed by atoms with E-state index in [2.05, 4.69) is 18.5 Å². The van der Waals surface area contributed by atoms with Crippen LogP contribution < -0.4 is 5.32 Å². The van der Waals surface area contributed by atoms with Crippen LogP contribution in [0.5, 0.6) is 0 Å². The maximum atomic E-state index is 5.42. The molecular formula is C11H23NOS. The minimum absolute atomic E-state index is 0.680. The largest absolute Gasteiger partial charge is 0.381 e. The highest BCUT2D eigenvalue weighted by Crippen LogP contribution is 2.18. The summed E-state index contributed by atoms with van der Waals surface area (Å²) in [4.78, 5) is 0. The third kappa shape index (κ3) is 4.20. The maximum absolute atomic E-state index is 5.42. The first kappa shape index (κ1) is 12.3. The molecule has 84 valence electrons. The Morgan fingerprint density at radius 1 is 1.57 bits per heavy atom.